The third-order valence-electron chi connectivity index (χ3n) is 2.57. The monoisotopic (exact) mass is 256 g/mol. The largest absolute Gasteiger partial charge is 0.326 e. The highest BCUT2D eigenvalue weighted by Crippen LogP contribution is 2.18. The van der Waals surface area contributed by atoms with Crippen LogP contribution in [0.4, 0.5) is 5.69 Å². The maximum atomic E-state index is 11.8. The van der Waals surface area contributed by atoms with Gasteiger partial charge in [-0.05, 0) is 30.5 Å². The van der Waals surface area contributed by atoms with E-state index in [0.29, 0.717) is 18.7 Å². The van der Waals surface area contributed by atoms with Crippen molar-refractivity contribution in [1.82, 2.24) is 0 Å². The first-order valence-electron chi connectivity index (χ1n) is 5.78. The fourth-order valence-electron chi connectivity index (χ4n) is 1.46. The van der Waals surface area contributed by atoms with Gasteiger partial charge in [0.1, 0.15) is 0 Å². The molecule has 0 atom stereocenters. The number of aryl methyl sites for hydroxylation is 1. The van der Waals surface area contributed by atoms with Gasteiger partial charge in [0.15, 0.2) is 0 Å². The van der Waals surface area contributed by atoms with Crippen LogP contribution in [0.25, 0.3) is 0 Å². The molecule has 0 fully saturated rings. The SMILES string of the molecule is CCCCS(=O)(=O)Nc1cc(CN)ccc1C. The van der Waals surface area contributed by atoms with Gasteiger partial charge in [-0.3, -0.25) is 4.72 Å². The van der Waals surface area contributed by atoms with E-state index in [1.165, 1.54) is 0 Å². The molecular weight excluding hydrogens is 236 g/mol. The Morgan fingerprint density at radius 3 is 2.65 bits per heavy atom. The van der Waals surface area contributed by atoms with E-state index in [2.05, 4.69) is 4.72 Å². The average Bonchev–Trinajstić information content (AvgIpc) is 2.29. The predicted octanol–water partition coefficient (Wildman–Crippen LogP) is 2.00. The van der Waals surface area contributed by atoms with Crippen LogP contribution in [-0.2, 0) is 16.6 Å². The second kappa shape index (κ2) is 6.02. The minimum absolute atomic E-state index is 0.162. The number of hydrogen-bond acceptors (Lipinski definition) is 3. The van der Waals surface area contributed by atoms with Crippen LogP contribution < -0.4 is 10.5 Å². The molecular formula is C12H20N2O2S. The summed E-state index contributed by atoms with van der Waals surface area (Å²) in [6.07, 6.45) is 1.54. The van der Waals surface area contributed by atoms with E-state index in [4.69, 9.17) is 5.73 Å². The molecule has 1 aromatic rings. The van der Waals surface area contributed by atoms with Gasteiger partial charge < -0.3 is 5.73 Å². The fourth-order valence-corrected chi connectivity index (χ4v) is 2.78. The molecule has 0 unspecified atom stereocenters. The lowest BCUT2D eigenvalue weighted by Crippen LogP contribution is -2.17. The Kier molecular flexibility index (Phi) is 4.96. The van der Waals surface area contributed by atoms with Gasteiger partial charge in [0.2, 0.25) is 10.0 Å². The zero-order chi connectivity index (χ0) is 12.9. The first kappa shape index (κ1) is 14.0. The maximum Gasteiger partial charge on any atom is 0.232 e. The summed E-state index contributed by atoms with van der Waals surface area (Å²) in [5, 5.41) is 0. The van der Waals surface area contributed by atoms with Crippen molar-refractivity contribution in [2.24, 2.45) is 5.73 Å². The van der Waals surface area contributed by atoms with Crippen LogP contribution in [0.5, 0.6) is 0 Å². The van der Waals surface area contributed by atoms with Gasteiger partial charge in [-0.25, -0.2) is 8.42 Å². The molecule has 0 bridgehead atoms. The Balaban J connectivity index is 2.87. The van der Waals surface area contributed by atoms with Crippen LogP contribution in [0.3, 0.4) is 0 Å². The highest BCUT2D eigenvalue weighted by Gasteiger charge is 2.11. The number of benzene rings is 1. The molecule has 0 saturated carbocycles. The molecule has 5 heteroatoms. The summed E-state index contributed by atoms with van der Waals surface area (Å²) in [6.45, 7) is 4.25. The van der Waals surface area contributed by atoms with E-state index in [9.17, 15) is 8.42 Å². The quantitative estimate of drug-likeness (QED) is 0.817. The third kappa shape index (κ3) is 4.36. The van der Waals surface area contributed by atoms with E-state index in [1.807, 2.05) is 26.0 Å². The lowest BCUT2D eigenvalue weighted by Gasteiger charge is -2.11. The molecule has 1 rings (SSSR count). The van der Waals surface area contributed by atoms with Crippen LogP contribution in [0.2, 0.25) is 0 Å². The smallest absolute Gasteiger partial charge is 0.232 e. The van der Waals surface area contributed by atoms with E-state index in [-0.39, 0.29) is 5.75 Å². The Morgan fingerprint density at radius 2 is 2.06 bits per heavy atom. The summed E-state index contributed by atoms with van der Waals surface area (Å²) in [6, 6.07) is 5.57. The molecule has 4 nitrogen and oxygen atoms in total. The third-order valence-corrected chi connectivity index (χ3v) is 3.93. The number of nitrogens with two attached hydrogens (primary N) is 1. The number of rotatable bonds is 6. The van der Waals surface area contributed by atoms with Crippen molar-refractivity contribution in [1.29, 1.82) is 0 Å². The first-order chi connectivity index (χ1) is 7.98. The molecule has 0 radical (unpaired) electrons. The Morgan fingerprint density at radius 1 is 1.35 bits per heavy atom. The normalized spacial score (nSPS) is 11.5. The van der Waals surface area contributed by atoms with E-state index < -0.39 is 10.0 Å². The molecule has 0 heterocycles. The second-order valence-corrected chi connectivity index (χ2v) is 5.97. The van der Waals surface area contributed by atoms with Gasteiger partial charge in [-0.15, -0.1) is 0 Å². The number of hydrogen-bond donors (Lipinski definition) is 2. The Hall–Kier alpha value is -1.07. The molecule has 0 spiro atoms. The van der Waals surface area contributed by atoms with Crippen LogP contribution in [0.1, 0.15) is 30.9 Å². The van der Waals surface area contributed by atoms with Crippen LogP contribution in [0.15, 0.2) is 18.2 Å². The standard InChI is InChI=1S/C12H20N2O2S/c1-3-4-7-17(15,16)14-12-8-11(9-13)6-5-10(12)2/h5-6,8,14H,3-4,7,9,13H2,1-2H3. The fraction of sp³-hybridized carbons (Fsp3) is 0.500. The van der Waals surface area contributed by atoms with Crippen LogP contribution in [-0.4, -0.2) is 14.2 Å². The van der Waals surface area contributed by atoms with Crippen molar-refractivity contribution in [3.63, 3.8) is 0 Å². The Labute approximate surface area is 103 Å². The van der Waals surface area contributed by atoms with E-state index in [0.717, 1.165) is 17.5 Å². The maximum absolute atomic E-state index is 11.8. The van der Waals surface area contributed by atoms with Crippen molar-refractivity contribution in [3.05, 3.63) is 29.3 Å². The lowest BCUT2D eigenvalue weighted by atomic mass is 10.1. The van der Waals surface area contributed by atoms with Crippen molar-refractivity contribution in [2.45, 2.75) is 33.2 Å². The minimum Gasteiger partial charge on any atom is -0.326 e. The van der Waals surface area contributed by atoms with E-state index in [1.54, 1.807) is 6.07 Å². The lowest BCUT2D eigenvalue weighted by molar-refractivity contribution is 0.598. The molecule has 0 saturated heterocycles. The molecule has 0 aliphatic carbocycles. The summed E-state index contributed by atoms with van der Waals surface area (Å²) in [4.78, 5) is 0. The summed E-state index contributed by atoms with van der Waals surface area (Å²) in [5.41, 5.74) is 7.99. The molecule has 3 N–H and O–H groups in total. The van der Waals surface area contributed by atoms with Gasteiger partial charge in [-0.2, -0.15) is 0 Å². The average molecular weight is 256 g/mol. The number of unbranched alkanes of at least 4 members (excludes halogenated alkanes) is 1. The van der Waals surface area contributed by atoms with Gasteiger partial charge >= 0.3 is 0 Å². The van der Waals surface area contributed by atoms with Crippen LogP contribution in [0, 0.1) is 6.92 Å². The van der Waals surface area contributed by atoms with Crippen molar-refractivity contribution < 1.29 is 8.42 Å². The van der Waals surface area contributed by atoms with Gasteiger partial charge in [-0.1, -0.05) is 25.5 Å². The summed E-state index contributed by atoms with van der Waals surface area (Å²) in [7, 11) is -3.24. The minimum atomic E-state index is -3.24. The molecule has 1 aromatic carbocycles. The van der Waals surface area contributed by atoms with Crippen molar-refractivity contribution >= 4 is 15.7 Å². The number of anilines is 1. The predicted molar refractivity (Wildman–Crippen MR) is 71.4 cm³/mol. The number of nitrogens with one attached hydrogen (secondary N) is 1. The first-order valence-corrected chi connectivity index (χ1v) is 7.44. The van der Waals surface area contributed by atoms with Gasteiger partial charge in [0, 0.05) is 6.54 Å². The summed E-state index contributed by atoms with van der Waals surface area (Å²) >= 11 is 0. The number of sulfonamides is 1. The highest BCUT2D eigenvalue weighted by molar-refractivity contribution is 7.92. The molecule has 0 amide bonds. The summed E-state index contributed by atoms with van der Waals surface area (Å²) < 4.78 is 26.1. The molecule has 0 aliphatic heterocycles. The van der Waals surface area contributed by atoms with Crippen molar-refractivity contribution in [2.75, 3.05) is 10.5 Å². The van der Waals surface area contributed by atoms with Crippen molar-refractivity contribution in [3.8, 4) is 0 Å². The zero-order valence-corrected chi connectivity index (χ0v) is 11.2. The summed E-state index contributed by atoms with van der Waals surface area (Å²) in [5.74, 6) is 0.162. The molecule has 0 aliphatic rings. The van der Waals surface area contributed by atoms with Gasteiger partial charge in [0.05, 0.1) is 11.4 Å². The van der Waals surface area contributed by atoms with Crippen LogP contribution >= 0.6 is 0 Å². The molecule has 96 valence electrons. The molecule has 17 heavy (non-hydrogen) atoms. The second-order valence-electron chi connectivity index (χ2n) is 4.13. The highest BCUT2D eigenvalue weighted by atomic mass is 32.2. The van der Waals surface area contributed by atoms with Gasteiger partial charge in [0.25, 0.3) is 0 Å². The zero-order valence-electron chi connectivity index (χ0n) is 10.4. The Bertz CT molecular complexity index is 469. The molecule has 0 aromatic heterocycles. The topological polar surface area (TPSA) is 72.2 Å². The van der Waals surface area contributed by atoms with E-state index >= 15 is 0 Å².